The Morgan fingerprint density at radius 1 is 1.03 bits per heavy atom. The number of hydrogen-bond acceptors (Lipinski definition) is 6. The van der Waals surface area contributed by atoms with Gasteiger partial charge in [-0.15, -0.1) is 11.3 Å². The average Bonchev–Trinajstić information content (AvgIpc) is 3.16. The molecule has 1 N–H and O–H groups in total. The van der Waals surface area contributed by atoms with Crippen LogP contribution >= 0.6 is 11.3 Å². The minimum Gasteiger partial charge on any atom is -0.321 e. The van der Waals surface area contributed by atoms with Gasteiger partial charge in [-0.25, -0.2) is 0 Å². The molecular formula is C25H16N4O4S. The van der Waals surface area contributed by atoms with Gasteiger partial charge in [0, 0.05) is 17.8 Å². The first-order chi connectivity index (χ1) is 16.5. The molecule has 0 atom stereocenters. The molecule has 9 heteroatoms. The quantitative estimate of drug-likeness (QED) is 0.357. The highest BCUT2D eigenvalue weighted by molar-refractivity contribution is 7.07. The number of nitriles is 1. The molecular weight excluding hydrogens is 452 g/mol. The number of thiazole rings is 1. The van der Waals surface area contributed by atoms with Crippen LogP contribution in [-0.2, 0) is 4.79 Å². The number of aromatic nitrogens is 1. The van der Waals surface area contributed by atoms with E-state index in [0.29, 0.717) is 16.9 Å². The fourth-order valence-corrected chi connectivity index (χ4v) is 4.35. The molecule has 1 heterocycles. The second-order valence-electron chi connectivity index (χ2n) is 7.05. The summed E-state index contributed by atoms with van der Waals surface area (Å²) in [6.45, 7) is 0. The molecule has 0 saturated carbocycles. The van der Waals surface area contributed by atoms with Crippen molar-refractivity contribution in [2.75, 3.05) is 5.32 Å². The van der Waals surface area contributed by atoms with Crippen molar-refractivity contribution in [3.63, 3.8) is 0 Å². The Labute approximate surface area is 197 Å². The van der Waals surface area contributed by atoms with Gasteiger partial charge in [-0.2, -0.15) is 5.26 Å². The number of hydrogen-bond donors (Lipinski definition) is 1. The van der Waals surface area contributed by atoms with E-state index in [9.17, 15) is 25.0 Å². The zero-order valence-corrected chi connectivity index (χ0v) is 18.4. The van der Waals surface area contributed by atoms with Gasteiger partial charge >= 0.3 is 0 Å². The number of nitro groups is 1. The highest BCUT2D eigenvalue weighted by Crippen LogP contribution is 2.13. The predicted molar refractivity (Wildman–Crippen MR) is 130 cm³/mol. The summed E-state index contributed by atoms with van der Waals surface area (Å²) in [5, 5.41) is 23.6. The third kappa shape index (κ3) is 4.67. The summed E-state index contributed by atoms with van der Waals surface area (Å²) in [6, 6.07) is 25.1. The van der Waals surface area contributed by atoms with Crippen molar-refractivity contribution in [1.29, 1.82) is 5.26 Å². The van der Waals surface area contributed by atoms with Crippen LogP contribution in [-0.4, -0.2) is 15.4 Å². The Morgan fingerprint density at radius 2 is 1.71 bits per heavy atom. The smallest absolute Gasteiger partial charge is 0.273 e. The van der Waals surface area contributed by atoms with E-state index in [2.05, 4.69) is 5.32 Å². The third-order valence-corrected chi connectivity index (χ3v) is 5.89. The number of nitrogens with one attached hydrogen (secondary N) is 1. The van der Waals surface area contributed by atoms with E-state index >= 15 is 0 Å². The van der Waals surface area contributed by atoms with Crippen molar-refractivity contribution in [3.05, 3.63) is 120 Å². The van der Waals surface area contributed by atoms with Crippen LogP contribution in [0.1, 0.15) is 5.56 Å². The van der Waals surface area contributed by atoms with E-state index < -0.39 is 16.4 Å². The number of rotatable bonds is 5. The molecule has 0 aliphatic rings. The second-order valence-corrected chi connectivity index (χ2v) is 8.08. The van der Waals surface area contributed by atoms with Crippen LogP contribution in [0.5, 0.6) is 0 Å². The molecule has 0 unspecified atom stereocenters. The van der Waals surface area contributed by atoms with Crippen molar-refractivity contribution in [2.45, 2.75) is 0 Å². The number of anilines is 1. The highest BCUT2D eigenvalue weighted by Gasteiger charge is 2.17. The van der Waals surface area contributed by atoms with Crippen LogP contribution in [0.4, 0.5) is 11.4 Å². The lowest BCUT2D eigenvalue weighted by Gasteiger charge is -2.05. The van der Waals surface area contributed by atoms with Crippen molar-refractivity contribution >= 4 is 40.3 Å². The van der Waals surface area contributed by atoms with Crippen LogP contribution in [0.15, 0.2) is 89.7 Å². The van der Waals surface area contributed by atoms with Gasteiger partial charge in [0.1, 0.15) is 10.7 Å². The van der Waals surface area contributed by atoms with Crippen LogP contribution < -0.4 is 20.1 Å². The lowest BCUT2D eigenvalue weighted by Crippen LogP contribution is -2.32. The molecule has 1 aromatic heterocycles. The first-order valence-corrected chi connectivity index (χ1v) is 10.8. The highest BCUT2D eigenvalue weighted by atomic mass is 32.1. The Kier molecular flexibility index (Phi) is 6.43. The third-order valence-electron chi connectivity index (χ3n) is 4.80. The van der Waals surface area contributed by atoms with Crippen molar-refractivity contribution in [3.8, 4) is 11.8 Å². The Balaban J connectivity index is 1.96. The van der Waals surface area contributed by atoms with E-state index in [-0.39, 0.29) is 20.5 Å². The topological polar surface area (TPSA) is 118 Å². The monoisotopic (exact) mass is 468 g/mol. The molecule has 1 amide bonds. The zero-order chi connectivity index (χ0) is 24.1. The van der Waals surface area contributed by atoms with Crippen LogP contribution in [0.25, 0.3) is 17.3 Å². The van der Waals surface area contributed by atoms with Crippen molar-refractivity contribution in [2.24, 2.45) is 0 Å². The summed E-state index contributed by atoms with van der Waals surface area (Å²) < 4.78 is 1.68. The van der Waals surface area contributed by atoms with Crippen molar-refractivity contribution < 1.29 is 9.72 Å². The number of non-ortho nitro benzene ring substituents is 1. The van der Waals surface area contributed by atoms with Gasteiger partial charge < -0.3 is 5.32 Å². The average molecular weight is 468 g/mol. The van der Waals surface area contributed by atoms with Gasteiger partial charge in [0.05, 0.1) is 15.1 Å². The Morgan fingerprint density at radius 3 is 2.35 bits per heavy atom. The molecule has 0 radical (unpaired) electrons. The summed E-state index contributed by atoms with van der Waals surface area (Å²) in [6.07, 6.45) is 1.51. The maximum absolute atomic E-state index is 13.4. The Hall–Kier alpha value is -4.81. The van der Waals surface area contributed by atoms with Crippen molar-refractivity contribution in [1.82, 2.24) is 4.57 Å². The molecule has 0 spiro atoms. The fraction of sp³-hybridized carbons (Fsp3) is 0. The second kappa shape index (κ2) is 9.77. The minimum atomic E-state index is -0.651. The maximum atomic E-state index is 13.4. The Bertz CT molecular complexity index is 1600. The molecule has 0 aliphatic carbocycles. The van der Waals surface area contributed by atoms with E-state index in [0.717, 1.165) is 11.3 Å². The number of benzene rings is 3. The molecule has 34 heavy (non-hydrogen) atoms. The maximum Gasteiger partial charge on any atom is 0.273 e. The summed E-state index contributed by atoms with van der Waals surface area (Å²) >= 11 is 0.966. The summed E-state index contributed by atoms with van der Waals surface area (Å²) in [4.78, 5) is 36.9. The summed E-state index contributed by atoms with van der Waals surface area (Å²) in [5.41, 5.74) is 0.657. The fourth-order valence-electron chi connectivity index (χ4n) is 3.25. The van der Waals surface area contributed by atoms with E-state index in [1.807, 2.05) is 6.07 Å². The van der Waals surface area contributed by atoms with Gasteiger partial charge in [0.25, 0.3) is 17.2 Å². The lowest BCUT2D eigenvalue weighted by molar-refractivity contribution is -0.384. The molecule has 0 bridgehead atoms. The summed E-state index contributed by atoms with van der Waals surface area (Å²) in [7, 11) is 0. The van der Waals surface area contributed by atoms with Gasteiger partial charge in [0.15, 0.2) is 5.57 Å². The van der Waals surface area contributed by atoms with Crippen LogP contribution in [0, 0.1) is 21.4 Å². The van der Waals surface area contributed by atoms with E-state index in [1.54, 1.807) is 66.7 Å². The normalized spacial score (nSPS) is 12.0. The molecule has 0 aliphatic heterocycles. The molecule has 166 valence electrons. The predicted octanol–water partition coefficient (Wildman–Crippen LogP) is 2.95. The van der Waals surface area contributed by atoms with Gasteiger partial charge in [-0.3, -0.25) is 24.3 Å². The standard InChI is InChI=1S/C25H16N4O4S/c26-16-21(23(30)27-18-9-3-1-4-10-18)25-28(19-11-5-2-6-12-19)24(31)22(34-25)15-17-8-7-13-20(14-17)29(32)33/h1-15H,(H,27,30)/b22-15+,25-21-. The van der Waals surface area contributed by atoms with E-state index in [1.165, 1.54) is 28.8 Å². The minimum absolute atomic E-state index is 0.111. The number of amides is 1. The van der Waals surface area contributed by atoms with Gasteiger partial charge in [-0.1, -0.05) is 48.5 Å². The largest absolute Gasteiger partial charge is 0.321 e. The summed E-state index contributed by atoms with van der Waals surface area (Å²) in [5.74, 6) is -0.651. The molecule has 0 saturated heterocycles. The molecule has 8 nitrogen and oxygen atoms in total. The molecule has 3 aromatic carbocycles. The molecule has 4 rings (SSSR count). The van der Waals surface area contributed by atoms with Crippen LogP contribution in [0.2, 0.25) is 0 Å². The number of carbonyl (C=O) groups is 1. The molecule has 4 aromatic rings. The lowest BCUT2D eigenvalue weighted by atomic mass is 10.2. The first kappa shape index (κ1) is 22.4. The zero-order valence-electron chi connectivity index (χ0n) is 17.5. The van der Waals surface area contributed by atoms with Gasteiger partial charge in [0.2, 0.25) is 0 Å². The van der Waals surface area contributed by atoms with Crippen LogP contribution in [0.3, 0.4) is 0 Å². The SMILES string of the molecule is N#C/C(C(=O)Nc1ccccc1)=c1/s/c(=C/c2cccc([N+](=O)[O-])c2)c(=O)n1-c1ccccc1. The van der Waals surface area contributed by atoms with E-state index in [4.69, 9.17) is 0 Å². The molecule has 0 fully saturated rings. The number of para-hydroxylation sites is 2. The number of nitrogens with zero attached hydrogens (tertiary/aromatic N) is 3. The number of carbonyl (C=O) groups excluding carboxylic acids is 1. The number of nitro benzene ring substituents is 1. The van der Waals surface area contributed by atoms with Gasteiger partial charge in [-0.05, 0) is 35.9 Å². The first-order valence-electron chi connectivity index (χ1n) is 10.0.